The Hall–Kier alpha value is -1.62. The number of amides is 1. The van der Waals surface area contributed by atoms with Crippen molar-refractivity contribution in [3.63, 3.8) is 0 Å². The molecule has 6 heteroatoms. The Morgan fingerprint density at radius 2 is 2.00 bits per heavy atom. The van der Waals surface area contributed by atoms with Crippen LogP contribution in [0.3, 0.4) is 0 Å². The first kappa shape index (κ1) is 19.4. The van der Waals surface area contributed by atoms with Crippen LogP contribution in [0.15, 0.2) is 42.5 Å². The Labute approximate surface area is 148 Å². The predicted octanol–water partition coefficient (Wildman–Crippen LogP) is 2.85. The minimum absolute atomic E-state index is 0. The van der Waals surface area contributed by atoms with E-state index in [1.54, 1.807) is 6.07 Å². The summed E-state index contributed by atoms with van der Waals surface area (Å²) in [5.41, 5.74) is 3.97. The van der Waals surface area contributed by atoms with Crippen LogP contribution in [-0.2, 0) is 6.42 Å². The molecule has 3 rings (SSSR count). The van der Waals surface area contributed by atoms with Gasteiger partial charge in [-0.25, -0.2) is 4.98 Å². The van der Waals surface area contributed by atoms with E-state index in [1.807, 2.05) is 25.1 Å². The van der Waals surface area contributed by atoms with E-state index in [0.717, 1.165) is 18.7 Å². The SMILES string of the molecule is Cc1cccc(C(=O)NCC2NCCc3ccccc32)n1.Cl.Cl. The zero-order valence-electron chi connectivity index (χ0n) is 12.9. The summed E-state index contributed by atoms with van der Waals surface area (Å²) in [6.07, 6.45) is 1.04. The van der Waals surface area contributed by atoms with Crippen LogP contribution in [0.1, 0.15) is 33.4 Å². The lowest BCUT2D eigenvalue weighted by molar-refractivity contribution is 0.0944. The molecule has 4 nitrogen and oxygen atoms in total. The van der Waals surface area contributed by atoms with Gasteiger partial charge in [0, 0.05) is 18.3 Å². The van der Waals surface area contributed by atoms with Crippen LogP contribution < -0.4 is 10.6 Å². The van der Waals surface area contributed by atoms with Crippen molar-refractivity contribution in [3.05, 3.63) is 65.0 Å². The number of nitrogens with zero attached hydrogens (tertiary/aromatic N) is 1. The lowest BCUT2D eigenvalue weighted by Gasteiger charge is -2.27. The molecule has 0 radical (unpaired) electrons. The molecule has 1 amide bonds. The van der Waals surface area contributed by atoms with Crippen LogP contribution in [0, 0.1) is 6.92 Å². The van der Waals surface area contributed by atoms with Gasteiger partial charge in [-0.1, -0.05) is 30.3 Å². The molecule has 2 aromatic rings. The van der Waals surface area contributed by atoms with E-state index in [2.05, 4.69) is 33.8 Å². The maximum absolute atomic E-state index is 12.2. The molecule has 2 heterocycles. The summed E-state index contributed by atoms with van der Waals surface area (Å²) in [5, 5.41) is 6.43. The molecule has 1 unspecified atom stereocenters. The number of aromatic nitrogens is 1. The molecule has 0 fully saturated rings. The quantitative estimate of drug-likeness (QED) is 0.891. The van der Waals surface area contributed by atoms with Crippen molar-refractivity contribution in [2.75, 3.05) is 13.1 Å². The smallest absolute Gasteiger partial charge is 0.269 e. The van der Waals surface area contributed by atoms with Crippen LogP contribution in [0.2, 0.25) is 0 Å². The molecule has 0 bridgehead atoms. The molecular weight excluding hydrogens is 333 g/mol. The van der Waals surface area contributed by atoms with Gasteiger partial charge in [0.2, 0.25) is 0 Å². The number of benzene rings is 1. The topological polar surface area (TPSA) is 54.0 Å². The molecule has 0 saturated carbocycles. The second-order valence-corrected chi connectivity index (χ2v) is 5.33. The van der Waals surface area contributed by atoms with Gasteiger partial charge < -0.3 is 10.6 Å². The van der Waals surface area contributed by atoms with Gasteiger partial charge in [-0.05, 0) is 43.1 Å². The molecule has 1 aromatic carbocycles. The van der Waals surface area contributed by atoms with Gasteiger partial charge in [0.05, 0.1) is 0 Å². The van der Waals surface area contributed by atoms with Crippen molar-refractivity contribution in [3.8, 4) is 0 Å². The summed E-state index contributed by atoms with van der Waals surface area (Å²) in [6.45, 7) is 3.40. The lowest BCUT2D eigenvalue weighted by atomic mass is 9.94. The highest BCUT2D eigenvalue weighted by atomic mass is 35.5. The van der Waals surface area contributed by atoms with Crippen molar-refractivity contribution in [1.29, 1.82) is 0 Å². The van der Waals surface area contributed by atoms with E-state index in [9.17, 15) is 4.79 Å². The number of nitrogens with one attached hydrogen (secondary N) is 2. The van der Waals surface area contributed by atoms with Gasteiger partial charge in [-0.3, -0.25) is 4.79 Å². The molecule has 1 aliphatic rings. The lowest BCUT2D eigenvalue weighted by Crippen LogP contribution is -2.39. The molecule has 1 aliphatic heterocycles. The molecule has 0 spiro atoms. The van der Waals surface area contributed by atoms with Crippen molar-refractivity contribution in [1.82, 2.24) is 15.6 Å². The number of aryl methyl sites for hydroxylation is 1. The van der Waals surface area contributed by atoms with Crippen LogP contribution in [0.4, 0.5) is 0 Å². The van der Waals surface area contributed by atoms with E-state index in [-0.39, 0.29) is 36.8 Å². The van der Waals surface area contributed by atoms with Gasteiger partial charge in [-0.2, -0.15) is 0 Å². The number of carbonyl (C=O) groups excluding carboxylic acids is 1. The molecular formula is C17H21Cl2N3O. The maximum atomic E-state index is 12.2. The maximum Gasteiger partial charge on any atom is 0.269 e. The highest BCUT2D eigenvalue weighted by Gasteiger charge is 2.19. The zero-order chi connectivity index (χ0) is 14.7. The average Bonchev–Trinajstić information content (AvgIpc) is 2.52. The summed E-state index contributed by atoms with van der Waals surface area (Å²) in [4.78, 5) is 16.4. The molecule has 23 heavy (non-hydrogen) atoms. The number of halogens is 2. The molecule has 1 atom stereocenters. The number of hydrogen-bond donors (Lipinski definition) is 2. The van der Waals surface area contributed by atoms with Crippen LogP contribution in [-0.4, -0.2) is 24.0 Å². The third-order valence-electron chi connectivity index (χ3n) is 3.80. The minimum Gasteiger partial charge on any atom is -0.349 e. The van der Waals surface area contributed by atoms with E-state index in [1.165, 1.54) is 11.1 Å². The Morgan fingerprint density at radius 3 is 2.78 bits per heavy atom. The largest absolute Gasteiger partial charge is 0.349 e. The Morgan fingerprint density at radius 1 is 1.22 bits per heavy atom. The first-order valence-electron chi connectivity index (χ1n) is 7.27. The van der Waals surface area contributed by atoms with E-state index in [4.69, 9.17) is 0 Å². The van der Waals surface area contributed by atoms with Crippen molar-refractivity contribution in [2.24, 2.45) is 0 Å². The molecule has 1 aromatic heterocycles. The first-order valence-corrected chi connectivity index (χ1v) is 7.27. The number of rotatable bonds is 3. The summed E-state index contributed by atoms with van der Waals surface area (Å²) >= 11 is 0. The van der Waals surface area contributed by atoms with Crippen LogP contribution in [0.25, 0.3) is 0 Å². The summed E-state index contributed by atoms with van der Waals surface area (Å²) in [6, 6.07) is 14.0. The fourth-order valence-corrected chi connectivity index (χ4v) is 2.73. The van der Waals surface area contributed by atoms with Gasteiger partial charge in [0.25, 0.3) is 5.91 Å². The normalized spacial score (nSPS) is 15.6. The number of hydrogen-bond acceptors (Lipinski definition) is 3. The molecule has 2 N–H and O–H groups in total. The Kier molecular flexibility index (Phi) is 7.49. The number of fused-ring (bicyclic) bond motifs is 1. The standard InChI is InChI=1S/C17H19N3O.2ClH/c1-12-5-4-8-15(20-12)17(21)19-11-16-14-7-3-2-6-13(14)9-10-18-16;;/h2-8,16,18H,9-11H2,1H3,(H,19,21);2*1H. The van der Waals surface area contributed by atoms with Gasteiger partial charge in [0.15, 0.2) is 0 Å². The van der Waals surface area contributed by atoms with Crippen molar-refractivity contribution in [2.45, 2.75) is 19.4 Å². The highest BCUT2D eigenvalue weighted by Crippen LogP contribution is 2.21. The third kappa shape index (κ3) is 4.67. The van der Waals surface area contributed by atoms with Crippen LogP contribution >= 0.6 is 24.8 Å². The fourth-order valence-electron chi connectivity index (χ4n) is 2.73. The summed E-state index contributed by atoms with van der Waals surface area (Å²) < 4.78 is 0. The Bertz CT molecular complexity index is 664. The molecule has 124 valence electrons. The first-order chi connectivity index (χ1) is 10.2. The van der Waals surface area contributed by atoms with Gasteiger partial charge in [-0.15, -0.1) is 24.8 Å². The predicted molar refractivity (Wildman–Crippen MR) is 96.7 cm³/mol. The highest BCUT2D eigenvalue weighted by molar-refractivity contribution is 5.92. The number of pyridine rings is 1. The summed E-state index contributed by atoms with van der Waals surface area (Å²) in [5.74, 6) is -0.122. The zero-order valence-corrected chi connectivity index (χ0v) is 14.5. The van der Waals surface area contributed by atoms with E-state index >= 15 is 0 Å². The Balaban J connectivity index is 0.00000132. The average molecular weight is 354 g/mol. The second kappa shape index (κ2) is 8.87. The summed E-state index contributed by atoms with van der Waals surface area (Å²) in [7, 11) is 0. The van der Waals surface area contributed by atoms with Gasteiger partial charge >= 0.3 is 0 Å². The van der Waals surface area contributed by atoms with Crippen LogP contribution in [0.5, 0.6) is 0 Å². The van der Waals surface area contributed by atoms with Gasteiger partial charge in [0.1, 0.15) is 5.69 Å². The molecule has 0 aliphatic carbocycles. The third-order valence-corrected chi connectivity index (χ3v) is 3.80. The van der Waals surface area contributed by atoms with E-state index in [0.29, 0.717) is 12.2 Å². The molecule has 0 saturated heterocycles. The fraction of sp³-hybridized carbons (Fsp3) is 0.294. The minimum atomic E-state index is -0.122. The van der Waals surface area contributed by atoms with Crippen molar-refractivity contribution >= 4 is 30.7 Å². The van der Waals surface area contributed by atoms with E-state index < -0.39 is 0 Å². The van der Waals surface area contributed by atoms with Crippen molar-refractivity contribution < 1.29 is 4.79 Å². The monoisotopic (exact) mass is 353 g/mol. The second-order valence-electron chi connectivity index (χ2n) is 5.33. The number of carbonyl (C=O) groups is 1.